The van der Waals surface area contributed by atoms with Gasteiger partial charge in [0, 0.05) is 25.0 Å². The van der Waals surface area contributed by atoms with E-state index in [4.69, 9.17) is 5.73 Å². The molecular weight excluding hydrogens is 242 g/mol. The molecule has 0 bridgehead atoms. The van der Waals surface area contributed by atoms with Crippen LogP contribution in [-0.2, 0) is 5.41 Å². The predicted molar refractivity (Wildman–Crippen MR) is 72.7 cm³/mol. The summed E-state index contributed by atoms with van der Waals surface area (Å²) in [5.74, 6) is 1.33. The molecule has 2 rings (SSSR count). The van der Waals surface area contributed by atoms with E-state index in [0.717, 1.165) is 18.7 Å². The molecule has 1 aliphatic carbocycles. The summed E-state index contributed by atoms with van der Waals surface area (Å²) in [7, 11) is 1.78. The minimum absolute atomic E-state index is 0.101. The standard InChI is InChI=1S/C13H23N5O/c1-13(2,3)12-15-10(16-17-12)11(19)18(4)9(7-14)8-5-6-8/h8-9H,5-7,14H2,1-4H3,(H,15,16,17). The van der Waals surface area contributed by atoms with E-state index >= 15 is 0 Å². The lowest BCUT2D eigenvalue weighted by atomic mass is 9.96. The summed E-state index contributed by atoms with van der Waals surface area (Å²) in [5, 5.41) is 6.88. The topological polar surface area (TPSA) is 87.9 Å². The van der Waals surface area contributed by atoms with E-state index in [0.29, 0.717) is 12.5 Å². The van der Waals surface area contributed by atoms with Gasteiger partial charge in [0.25, 0.3) is 5.91 Å². The van der Waals surface area contributed by atoms with Gasteiger partial charge in [-0.1, -0.05) is 20.8 Å². The van der Waals surface area contributed by atoms with Crippen LogP contribution in [-0.4, -0.2) is 45.6 Å². The van der Waals surface area contributed by atoms with E-state index in [2.05, 4.69) is 15.2 Å². The molecule has 0 aliphatic heterocycles. The largest absolute Gasteiger partial charge is 0.334 e. The number of carbonyl (C=O) groups is 1. The summed E-state index contributed by atoms with van der Waals surface area (Å²) in [4.78, 5) is 18.3. The van der Waals surface area contributed by atoms with Crippen molar-refractivity contribution in [3.05, 3.63) is 11.6 Å². The number of likely N-dealkylation sites (N-methyl/N-ethyl adjacent to an activating group) is 1. The van der Waals surface area contributed by atoms with E-state index < -0.39 is 0 Å². The molecule has 0 radical (unpaired) electrons. The molecule has 1 atom stereocenters. The van der Waals surface area contributed by atoms with E-state index in [1.54, 1.807) is 11.9 Å². The van der Waals surface area contributed by atoms with Gasteiger partial charge in [0.1, 0.15) is 5.82 Å². The van der Waals surface area contributed by atoms with Crippen LogP contribution in [0.2, 0.25) is 0 Å². The van der Waals surface area contributed by atoms with Crippen LogP contribution in [0, 0.1) is 5.92 Å². The van der Waals surface area contributed by atoms with Crippen molar-refractivity contribution in [1.82, 2.24) is 20.1 Å². The number of hydrogen-bond acceptors (Lipinski definition) is 4. The van der Waals surface area contributed by atoms with Crippen LogP contribution < -0.4 is 5.73 Å². The van der Waals surface area contributed by atoms with Gasteiger partial charge in [0.05, 0.1) is 0 Å². The maximum Gasteiger partial charge on any atom is 0.293 e. The van der Waals surface area contributed by atoms with Crippen LogP contribution in [0.15, 0.2) is 0 Å². The van der Waals surface area contributed by atoms with Crippen LogP contribution >= 0.6 is 0 Å². The van der Waals surface area contributed by atoms with Gasteiger partial charge < -0.3 is 10.6 Å². The summed E-state index contributed by atoms with van der Waals surface area (Å²) >= 11 is 0. The number of H-pyrrole nitrogens is 1. The normalized spacial score (nSPS) is 17.3. The minimum Gasteiger partial charge on any atom is -0.334 e. The molecule has 106 valence electrons. The Morgan fingerprint density at radius 2 is 2.16 bits per heavy atom. The first-order valence-electron chi connectivity index (χ1n) is 6.74. The first-order chi connectivity index (χ1) is 8.84. The molecule has 0 saturated heterocycles. The van der Waals surface area contributed by atoms with Crippen LogP contribution in [0.5, 0.6) is 0 Å². The zero-order valence-corrected chi connectivity index (χ0v) is 12.1. The number of carbonyl (C=O) groups excluding carboxylic acids is 1. The third kappa shape index (κ3) is 2.94. The van der Waals surface area contributed by atoms with Gasteiger partial charge in [0.15, 0.2) is 0 Å². The van der Waals surface area contributed by atoms with E-state index in [1.807, 2.05) is 20.8 Å². The second kappa shape index (κ2) is 4.92. The molecule has 1 fully saturated rings. The molecular formula is C13H23N5O. The molecule has 6 nitrogen and oxygen atoms in total. The lowest BCUT2D eigenvalue weighted by Crippen LogP contribution is -2.43. The Hall–Kier alpha value is -1.43. The monoisotopic (exact) mass is 265 g/mol. The number of aromatic nitrogens is 3. The van der Waals surface area contributed by atoms with Crippen molar-refractivity contribution in [3.8, 4) is 0 Å². The number of nitrogens with two attached hydrogens (primary N) is 1. The first-order valence-corrected chi connectivity index (χ1v) is 6.74. The zero-order valence-electron chi connectivity index (χ0n) is 12.1. The van der Waals surface area contributed by atoms with Gasteiger partial charge in [-0.05, 0) is 18.8 Å². The highest BCUT2D eigenvalue weighted by atomic mass is 16.2. The molecule has 3 N–H and O–H groups in total. The van der Waals surface area contributed by atoms with E-state index in [9.17, 15) is 4.79 Å². The Kier molecular flexibility index (Phi) is 3.62. The first kappa shape index (κ1) is 14.0. The van der Waals surface area contributed by atoms with Crippen molar-refractivity contribution in [2.45, 2.75) is 45.1 Å². The van der Waals surface area contributed by atoms with Crippen LogP contribution in [0.1, 0.15) is 50.1 Å². The van der Waals surface area contributed by atoms with Crippen LogP contribution in [0.3, 0.4) is 0 Å². The maximum atomic E-state index is 12.3. The predicted octanol–water partition coefficient (Wildman–Crippen LogP) is 0.911. The van der Waals surface area contributed by atoms with Gasteiger partial charge in [-0.3, -0.25) is 9.89 Å². The summed E-state index contributed by atoms with van der Waals surface area (Å²) < 4.78 is 0. The number of nitrogens with one attached hydrogen (secondary N) is 1. The summed E-state index contributed by atoms with van der Waals surface area (Å²) in [6, 6.07) is 0.101. The van der Waals surface area contributed by atoms with Gasteiger partial charge in [0.2, 0.25) is 5.82 Å². The number of nitrogens with zero attached hydrogens (tertiary/aromatic N) is 3. The molecule has 1 aliphatic rings. The summed E-state index contributed by atoms with van der Waals surface area (Å²) in [6.45, 7) is 6.57. The quantitative estimate of drug-likeness (QED) is 0.847. The molecule has 19 heavy (non-hydrogen) atoms. The second-order valence-corrected chi connectivity index (χ2v) is 6.31. The highest BCUT2D eigenvalue weighted by Crippen LogP contribution is 2.34. The molecule has 1 amide bonds. The Labute approximate surface area is 113 Å². The van der Waals surface area contributed by atoms with Crippen molar-refractivity contribution in [1.29, 1.82) is 0 Å². The second-order valence-electron chi connectivity index (χ2n) is 6.31. The fourth-order valence-corrected chi connectivity index (χ4v) is 2.15. The highest BCUT2D eigenvalue weighted by molar-refractivity contribution is 5.90. The number of rotatable bonds is 4. The fourth-order valence-electron chi connectivity index (χ4n) is 2.15. The third-order valence-corrected chi connectivity index (χ3v) is 3.61. The molecule has 0 spiro atoms. The van der Waals surface area contributed by atoms with Crippen molar-refractivity contribution < 1.29 is 4.79 Å². The maximum absolute atomic E-state index is 12.3. The Morgan fingerprint density at radius 1 is 1.53 bits per heavy atom. The average molecular weight is 265 g/mol. The number of aromatic amines is 1. The minimum atomic E-state index is -0.158. The number of hydrogen-bond donors (Lipinski definition) is 2. The zero-order chi connectivity index (χ0) is 14.2. The van der Waals surface area contributed by atoms with Gasteiger partial charge in [-0.15, -0.1) is 5.10 Å². The summed E-state index contributed by atoms with van der Waals surface area (Å²) in [6.07, 6.45) is 2.31. The molecule has 1 saturated carbocycles. The van der Waals surface area contributed by atoms with Crippen LogP contribution in [0.25, 0.3) is 0 Å². The van der Waals surface area contributed by atoms with Crippen molar-refractivity contribution in [3.63, 3.8) is 0 Å². The van der Waals surface area contributed by atoms with Gasteiger partial charge in [-0.25, -0.2) is 4.98 Å². The number of amides is 1. The van der Waals surface area contributed by atoms with Crippen molar-refractivity contribution in [2.24, 2.45) is 11.7 Å². The molecule has 0 aromatic carbocycles. The van der Waals surface area contributed by atoms with Gasteiger partial charge in [-0.2, -0.15) is 0 Å². The molecule has 1 aromatic heterocycles. The smallest absolute Gasteiger partial charge is 0.293 e. The Balaban J connectivity index is 2.12. The Bertz CT molecular complexity index is 458. The highest BCUT2D eigenvalue weighted by Gasteiger charge is 2.36. The molecule has 1 aromatic rings. The van der Waals surface area contributed by atoms with Crippen LogP contribution in [0.4, 0.5) is 0 Å². The van der Waals surface area contributed by atoms with Gasteiger partial charge >= 0.3 is 0 Å². The lowest BCUT2D eigenvalue weighted by molar-refractivity contribution is 0.0706. The fraction of sp³-hybridized carbons (Fsp3) is 0.769. The lowest BCUT2D eigenvalue weighted by Gasteiger charge is -2.25. The third-order valence-electron chi connectivity index (χ3n) is 3.61. The SMILES string of the molecule is CN(C(=O)c1n[nH]c(C(C)(C)C)n1)C(CN)C1CC1. The molecule has 6 heteroatoms. The van der Waals surface area contributed by atoms with Crippen molar-refractivity contribution >= 4 is 5.91 Å². The molecule has 1 unspecified atom stereocenters. The van der Waals surface area contributed by atoms with E-state index in [1.165, 1.54) is 0 Å². The molecule has 1 heterocycles. The van der Waals surface area contributed by atoms with Crippen molar-refractivity contribution in [2.75, 3.05) is 13.6 Å². The average Bonchev–Trinajstić information content (AvgIpc) is 3.03. The van der Waals surface area contributed by atoms with E-state index in [-0.39, 0.29) is 23.2 Å². The summed E-state index contributed by atoms with van der Waals surface area (Å²) in [5.41, 5.74) is 5.62. The Morgan fingerprint density at radius 3 is 2.58 bits per heavy atom.